The number of pyridine rings is 1. The monoisotopic (exact) mass is 502 g/mol. The quantitative estimate of drug-likeness (QED) is 0.281. The van der Waals surface area contributed by atoms with Gasteiger partial charge < -0.3 is 21.5 Å². The second-order valence-corrected chi connectivity index (χ2v) is 9.22. The van der Waals surface area contributed by atoms with Crippen LogP contribution in [-0.2, 0) is 4.79 Å². The Bertz CT molecular complexity index is 1410. The maximum Gasteiger partial charge on any atom is 0.255 e. The molecule has 0 bridgehead atoms. The summed E-state index contributed by atoms with van der Waals surface area (Å²) < 4.78 is 0. The van der Waals surface area contributed by atoms with E-state index < -0.39 is 24.0 Å². The minimum absolute atomic E-state index is 0.318. The topological polar surface area (TPSA) is 117 Å². The van der Waals surface area contributed by atoms with Gasteiger partial charge in [-0.05, 0) is 64.9 Å². The van der Waals surface area contributed by atoms with Crippen molar-refractivity contribution in [2.75, 3.05) is 11.1 Å². The molecule has 0 aliphatic heterocycles. The Kier molecular flexibility index (Phi) is 7.52. The lowest BCUT2D eigenvalue weighted by Crippen LogP contribution is -2.42. The van der Waals surface area contributed by atoms with Crippen molar-refractivity contribution in [3.05, 3.63) is 101 Å². The summed E-state index contributed by atoms with van der Waals surface area (Å²) in [6, 6.07) is 19.8. The highest BCUT2D eigenvalue weighted by Crippen LogP contribution is 2.28. The Hall–Kier alpha value is -3.94. The zero-order chi connectivity index (χ0) is 25.8. The minimum Gasteiger partial charge on any atom is -0.383 e. The van der Waals surface area contributed by atoms with Crippen LogP contribution in [-0.4, -0.2) is 28.0 Å². The lowest BCUT2D eigenvalue weighted by Gasteiger charge is -2.25. The number of nitrogens with one attached hydrogen (secondary N) is 2. The first-order valence-electron chi connectivity index (χ1n) is 11.5. The second kappa shape index (κ2) is 10.8. The van der Waals surface area contributed by atoms with E-state index in [1.165, 1.54) is 0 Å². The number of benzene rings is 3. The molecule has 36 heavy (non-hydrogen) atoms. The summed E-state index contributed by atoms with van der Waals surface area (Å²) in [5.41, 5.74) is 8.29. The van der Waals surface area contributed by atoms with E-state index in [1.54, 1.807) is 66.9 Å². The number of carbonyl (C=O) groups excluding carboxylic acids is 2. The molecular formula is C28H27ClN4O3. The summed E-state index contributed by atoms with van der Waals surface area (Å²) in [7, 11) is 0. The Morgan fingerprint density at radius 2 is 1.72 bits per heavy atom. The molecule has 0 aliphatic carbocycles. The average molecular weight is 503 g/mol. The van der Waals surface area contributed by atoms with Gasteiger partial charge in [-0.2, -0.15) is 0 Å². The highest BCUT2D eigenvalue weighted by Gasteiger charge is 2.31. The molecule has 5 N–H and O–H groups in total. The van der Waals surface area contributed by atoms with Gasteiger partial charge in [-0.1, -0.05) is 55.8 Å². The van der Waals surface area contributed by atoms with Crippen LogP contribution >= 0.6 is 11.6 Å². The Morgan fingerprint density at radius 1 is 1.00 bits per heavy atom. The smallest absolute Gasteiger partial charge is 0.255 e. The van der Waals surface area contributed by atoms with Gasteiger partial charge in [0.25, 0.3) is 11.8 Å². The number of anilines is 2. The molecule has 7 nitrogen and oxygen atoms in total. The third-order valence-electron chi connectivity index (χ3n) is 6.01. The normalized spacial score (nSPS) is 12.8. The van der Waals surface area contributed by atoms with Crippen LogP contribution in [0.1, 0.15) is 47.3 Å². The van der Waals surface area contributed by atoms with E-state index in [0.29, 0.717) is 33.6 Å². The highest BCUT2D eigenvalue weighted by molar-refractivity contribution is 6.31. The van der Waals surface area contributed by atoms with Crippen LogP contribution < -0.4 is 16.4 Å². The number of hydrogen-bond donors (Lipinski definition) is 4. The summed E-state index contributed by atoms with van der Waals surface area (Å²) >= 11 is 6.38. The molecule has 1 heterocycles. The van der Waals surface area contributed by atoms with Crippen molar-refractivity contribution >= 4 is 45.7 Å². The molecule has 0 saturated heterocycles. The maximum atomic E-state index is 13.1. The van der Waals surface area contributed by atoms with E-state index in [0.717, 1.165) is 16.3 Å². The van der Waals surface area contributed by atoms with Gasteiger partial charge in [0.05, 0.1) is 6.04 Å². The molecule has 0 radical (unpaired) electrons. The number of amides is 2. The van der Waals surface area contributed by atoms with E-state index in [9.17, 15) is 14.7 Å². The van der Waals surface area contributed by atoms with Gasteiger partial charge in [-0.15, -0.1) is 0 Å². The molecule has 8 heteroatoms. The highest BCUT2D eigenvalue weighted by atomic mass is 35.5. The van der Waals surface area contributed by atoms with Crippen molar-refractivity contribution in [2.24, 2.45) is 0 Å². The van der Waals surface area contributed by atoms with Crippen molar-refractivity contribution in [2.45, 2.75) is 31.9 Å². The SMILES string of the molecule is CC(C)c1ccc(C(=O)NC(c2ccccc2Cl)C(O)C(=O)Nc2ccc3c(N)nccc3c2)cc1. The molecule has 2 amide bonds. The summed E-state index contributed by atoms with van der Waals surface area (Å²) in [4.78, 5) is 30.2. The molecule has 3 aromatic carbocycles. The predicted molar refractivity (Wildman–Crippen MR) is 143 cm³/mol. The van der Waals surface area contributed by atoms with E-state index in [1.807, 2.05) is 12.1 Å². The standard InChI is InChI=1S/C28H27ClN4O3/c1-16(2)17-7-9-18(10-8-17)27(35)33-24(22-5-3-4-6-23(22)29)25(34)28(36)32-20-11-12-21-19(15-20)13-14-31-26(21)30/h3-16,24-25,34H,1-2H3,(H2,30,31)(H,32,36)(H,33,35). The molecule has 2 unspecified atom stereocenters. The summed E-state index contributed by atoms with van der Waals surface area (Å²) in [6.45, 7) is 4.14. The van der Waals surface area contributed by atoms with Crippen LogP contribution in [0.2, 0.25) is 5.02 Å². The molecule has 4 rings (SSSR count). The first-order chi connectivity index (χ1) is 17.2. The van der Waals surface area contributed by atoms with Crippen LogP contribution in [0.15, 0.2) is 79.0 Å². The Morgan fingerprint density at radius 3 is 2.42 bits per heavy atom. The molecule has 0 saturated carbocycles. The number of nitrogen functional groups attached to an aromatic ring is 1. The van der Waals surface area contributed by atoms with E-state index >= 15 is 0 Å². The maximum absolute atomic E-state index is 13.1. The molecule has 1 aromatic heterocycles. The average Bonchev–Trinajstić information content (AvgIpc) is 2.87. The fourth-order valence-electron chi connectivity index (χ4n) is 3.94. The fraction of sp³-hybridized carbons (Fsp3) is 0.179. The van der Waals surface area contributed by atoms with Crippen molar-refractivity contribution < 1.29 is 14.7 Å². The number of nitrogens with zero attached hydrogens (tertiary/aromatic N) is 1. The van der Waals surface area contributed by atoms with Gasteiger partial charge in [-0.3, -0.25) is 9.59 Å². The van der Waals surface area contributed by atoms with Crippen molar-refractivity contribution in [3.8, 4) is 0 Å². The number of rotatable bonds is 7. The van der Waals surface area contributed by atoms with E-state index in [2.05, 4.69) is 29.5 Å². The first-order valence-corrected chi connectivity index (χ1v) is 11.9. The summed E-state index contributed by atoms with van der Waals surface area (Å²) in [5.74, 6) is -0.424. The van der Waals surface area contributed by atoms with Gasteiger partial charge in [0, 0.05) is 27.9 Å². The van der Waals surface area contributed by atoms with Gasteiger partial charge in [0.1, 0.15) is 5.82 Å². The fourth-order valence-corrected chi connectivity index (χ4v) is 4.20. The van der Waals surface area contributed by atoms with Gasteiger partial charge in [-0.25, -0.2) is 4.98 Å². The number of aliphatic hydroxyl groups is 1. The lowest BCUT2D eigenvalue weighted by atomic mass is 9.98. The number of halogens is 1. The van der Waals surface area contributed by atoms with Gasteiger partial charge >= 0.3 is 0 Å². The van der Waals surface area contributed by atoms with E-state index in [4.69, 9.17) is 17.3 Å². The number of carbonyl (C=O) groups is 2. The van der Waals surface area contributed by atoms with Crippen molar-refractivity contribution in [1.82, 2.24) is 10.3 Å². The largest absolute Gasteiger partial charge is 0.383 e. The third kappa shape index (κ3) is 5.48. The number of aliphatic hydroxyl groups excluding tert-OH is 1. The van der Waals surface area contributed by atoms with E-state index in [-0.39, 0.29) is 0 Å². The molecule has 2 atom stereocenters. The molecule has 0 aliphatic rings. The number of hydrogen-bond acceptors (Lipinski definition) is 5. The zero-order valence-corrected chi connectivity index (χ0v) is 20.7. The van der Waals surface area contributed by atoms with Crippen LogP contribution in [0.3, 0.4) is 0 Å². The number of aromatic nitrogens is 1. The number of nitrogens with two attached hydrogens (primary N) is 1. The Balaban J connectivity index is 1.58. The molecule has 0 fully saturated rings. The number of fused-ring (bicyclic) bond motifs is 1. The molecule has 184 valence electrons. The minimum atomic E-state index is -1.62. The van der Waals surface area contributed by atoms with Crippen LogP contribution in [0, 0.1) is 0 Å². The van der Waals surface area contributed by atoms with Crippen molar-refractivity contribution in [3.63, 3.8) is 0 Å². The lowest BCUT2D eigenvalue weighted by molar-refractivity contribution is -0.125. The molecule has 4 aromatic rings. The molecule has 0 spiro atoms. The predicted octanol–water partition coefficient (Wildman–Crippen LogP) is 5.06. The van der Waals surface area contributed by atoms with Crippen LogP contribution in [0.25, 0.3) is 10.8 Å². The van der Waals surface area contributed by atoms with Gasteiger partial charge in [0.15, 0.2) is 6.10 Å². The summed E-state index contributed by atoms with van der Waals surface area (Å²) in [5, 5.41) is 18.4. The van der Waals surface area contributed by atoms with Crippen LogP contribution in [0.5, 0.6) is 0 Å². The van der Waals surface area contributed by atoms with Crippen molar-refractivity contribution in [1.29, 1.82) is 0 Å². The first kappa shape index (κ1) is 25.2. The summed E-state index contributed by atoms with van der Waals surface area (Å²) in [6.07, 6.45) is -0.0450. The van der Waals surface area contributed by atoms with Crippen LogP contribution in [0.4, 0.5) is 11.5 Å². The van der Waals surface area contributed by atoms with Gasteiger partial charge in [0.2, 0.25) is 0 Å². The second-order valence-electron chi connectivity index (χ2n) is 8.82. The Labute approximate surface area is 214 Å². The third-order valence-corrected chi connectivity index (χ3v) is 6.36. The zero-order valence-electron chi connectivity index (χ0n) is 19.9. The molecular weight excluding hydrogens is 476 g/mol.